The lowest BCUT2D eigenvalue weighted by atomic mass is 9.98. The smallest absolute Gasteiger partial charge is 0.208 e. The monoisotopic (exact) mass is 350 g/mol. The van der Waals surface area contributed by atoms with Crippen LogP contribution in [0, 0.1) is 5.92 Å². The molecule has 0 amide bonds. The first kappa shape index (κ1) is 16.7. The molecule has 6 heteroatoms. The van der Waals surface area contributed by atoms with Crippen LogP contribution < -0.4 is 4.90 Å². The van der Waals surface area contributed by atoms with Crippen molar-refractivity contribution < 1.29 is 0 Å². The first-order valence-electron chi connectivity index (χ1n) is 8.06. The molecule has 0 bridgehead atoms. The van der Waals surface area contributed by atoms with E-state index in [1.165, 1.54) is 31.5 Å². The lowest BCUT2D eigenvalue weighted by molar-refractivity contribution is 0.213. The van der Waals surface area contributed by atoms with E-state index in [2.05, 4.69) is 34.1 Å². The van der Waals surface area contributed by atoms with Gasteiger partial charge in [0.05, 0.1) is 0 Å². The Morgan fingerprint density at radius 2 is 2.09 bits per heavy atom. The predicted molar refractivity (Wildman–Crippen MR) is 97.7 cm³/mol. The molecule has 0 N–H and O–H groups in total. The summed E-state index contributed by atoms with van der Waals surface area (Å²) in [7, 11) is 4.34. The molecule has 2 aromatic rings. The van der Waals surface area contributed by atoms with Crippen LogP contribution in [0.5, 0.6) is 0 Å². The van der Waals surface area contributed by atoms with Crippen LogP contribution in [0.1, 0.15) is 23.4 Å². The van der Waals surface area contributed by atoms with Gasteiger partial charge in [0.25, 0.3) is 0 Å². The minimum Gasteiger partial charge on any atom is -0.349 e. The predicted octanol–water partition coefficient (Wildman–Crippen LogP) is 3.56. The zero-order valence-electron chi connectivity index (χ0n) is 13.7. The molecule has 4 nitrogen and oxygen atoms in total. The van der Waals surface area contributed by atoms with Crippen molar-refractivity contribution >= 4 is 28.1 Å². The van der Waals surface area contributed by atoms with Crippen LogP contribution >= 0.6 is 22.9 Å². The molecule has 1 aromatic carbocycles. The van der Waals surface area contributed by atoms with E-state index < -0.39 is 0 Å². The molecule has 0 aliphatic carbocycles. The van der Waals surface area contributed by atoms with Crippen LogP contribution in [0.4, 0.5) is 5.13 Å². The quantitative estimate of drug-likeness (QED) is 0.825. The van der Waals surface area contributed by atoms with Crippen molar-refractivity contribution in [2.45, 2.75) is 19.3 Å². The van der Waals surface area contributed by atoms with E-state index in [9.17, 15) is 0 Å². The van der Waals surface area contributed by atoms with Gasteiger partial charge in [-0.1, -0.05) is 35.1 Å². The summed E-state index contributed by atoms with van der Waals surface area (Å²) in [6, 6.07) is 7.94. The van der Waals surface area contributed by atoms with Gasteiger partial charge in [0, 0.05) is 31.6 Å². The number of rotatable bonds is 5. The van der Waals surface area contributed by atoms with Gasteiger partial charge in [0.15, 0.2) is 0 Å². The molecule has 1 aliphatic heterocycles. The van der Waals surface area contributed by atoms with Crippen LogP contribution in [-0.2, 0) is 6.42 Å². The van der Waals surface area contributed by atoms with Crippen molar-refractivity contribution in [1.82, 2.24) is 15.1 Å². The maximum Gasteiger partial charge on any atom is 0.208 e. The second-order valence-electron chi connectivity index (χ2n) is 6.43. The molecule has 1 unspecified atom stereocenters. The molecular weight excluding hydrogens is 328 g/mol. The van der Waals surface area contributed by atoms with Gasteiger partial charge in [-0.3, -0.25) is 0 Å². The summed E-state index contributed by atoms with van der Waals surface area (Å²) < 4.78 is 0. The Kier molecular flexibility index (Phi) is 5.51. The molecule has 1 aliphatic rings. The van der Waals surface area contributed by atoms with Crippen LogP contribution in [0.25, 0.3) is 0 Å². The number of nitrogens with zero attached hydrogens (tertiary/aromatic N) is 4. The maximum atomic E-state index is 5.93. The van der Waals surface area contributed by atoms with Crippen molar-refractivity contribution in [2.24, 2.45) is 5.92 Å². The number of halogens is 1. The van der Waals surface area contributed by atoms with E-state index in [1.54, 1.807) is 11.3 Å². The summed E-state index contributed by atoms with van der Waals surface area (Å²) >= 11 is 7.61. The molecule has 0 radical (unpaired) electrons. The van der Waals surface area contributed by atoms with E-state index >= 15 is 0 Å². The van der Waals surface area contributed by atoms with Crippen molar-refractivity contribution in [3.05, 3.63) is 39.9 Å². The molecule has 0 spiro atoms. The fourth-order valence-corrected chi connectivity index (χ4v) is 4.10. The summed E-state index contributed by atoms with van der Waals surface area (Å²) in [6.07, 6.45) is 3.42. The van der Waals surface area contributed by atoms with E-state index in [0.717, 1.165) is 34.0 Å². The van der Waals surface area contributed by atoms with Crippen molar-refractivity contribution in [3.8, 4) is 0 Å². The van der Waals surface area contributed by atoms with E-state index in [-0.39, 0.29) is 0 Å². The molecule has 1 fully saturated rings. The number of piperidine rings is 1. The minimum atomic E-state index is 0.724. The van der Waals surface area contributed by atoms with E-state index in [4.69, 9.17) is 11.6 Å². The third-order valence-electron chi connectivity index (χ3n) is 4.31. The number of anilines is 1. The second-order valence-corrected chi connectivity index (χ2v) is 7.91. The fourth-order valence-electron chi connectivity index (χ4n) is 3.13. The summed E-state index contributed by atoms with van der Waals surface area (Å²) in [5.41, 5.74) is 1.22. The Bertz CT molecular complexity index is 628. The molecule has 3 rings (SSSR count). The second kappa shape index (κ2) is 7.60. The highest BCUT2D eigenvalue weighted by atomic mass is 35.5. The van der Waals surface area contributed by atoms with E-state index in [1.807, 2.05) is 24.3 Å². The molecule has 1 atom stereocenters. The highest BCUT2D eigenvalue weighted by Crippen LogP contribution is 2.24. The number of likely N-dealkylation sites (tertiary alicyclic amines) is 1. The SMILES string of the molecule is CN1CCCC(CN(C)c2nnc(Cc3ccc(Cl)cc3)s2)C1. The third kappa shape index (κ3) is 4.66. The average molecular weight is 351 g/mol. The molecule has 1 saturated heterocycles. The molecule has 1 aromatic heterocycles. The Hall–Kier alpha value is -1.17. The molecule has 23 heavy (non-hydrogen) atoms. The summed E-state index contributed by atoms with van der Waals surface area (Å²) in [5, 5.41) is 11.5. The van der Waals surface area contributed by atoms with Gasteiger partial charge in [-0.15, -0.1) is 10.2 Å². The van der Waals surface area contributed by atoms with E-state index in [0.29, 0.717) is 0 Å². The number of hydrogen-bond donors (Lipinski definition) is 0. The van der Waals surface area contributed by atoms with Crippen LogP contribution in [0.15, 0.2) is 24.3 Å². The normalized spacial score (nSPS) is 19.0. The number of aromatic nitrogens is 2. The lowest BCUT2D eigenvalue weighted by Crippen LogP contribution is -2.38. The largest absolute Gasteiger partial charge is 0.349 e. The van der Waals surface area contributed by atoms with Gasteiger partial charge in [0.1, 0.15) is 5.01 Å². The Morgan fingerprint density at radius 3 is 2.83 bits per heavy atom. The maximum absolute atomic E-state index is 5.93. The van der Waals surface area contributed by atoms with Gasteiger partial charge < -0.3 is 9.80 Å². The number of benzene rings is 1. The molecule has 0 saturated carbocycles. The summed E-state index contributed by atoms with van der Waals surface area (Å²) in [6.45, 7) is 3.46. The number of hydrogen-bond acceptors (Lipinski definition) is 5. The van der Waals surface area contributed by atoms with Crippen LogP contribution in [0.2, 0.25) is 5.02 Å². The third-order valence-corrected chi connectivity index (χ3v) is 5.59. The zero-order valence-corrected chi connectivity index (χ0v) is 15.3. The first-order valence-corrected chi connectivity index (χ1v) is 9.26. The highest BCUT2D eigenvalue weighted by Gasteiger charge is 2.20. The minimum absolute atomic E-state index is 0.724. The van der Waals surface area contributed by atoms with Gasteiger partial charge in [-0.25, -0.2) is 0 Å². The first-order chi connectivity index (χ1) is 11.1. The fraction of sp³-hybridized carbons (Fsp3) is 0.529. The topological polar surface area (TPSA) is 32.3 Å². The summed E-state index contributed by atoms with van der Waals surface area (Å²) in [4.78, 5) is 4.68. The van der Waals surface area contributed by atoms with Crippen LogP contribution in [-0.4, -0.2) is 48.8 Å². The van der Waals surface area contributed by atoms with Crippen molar-refractivity contribution in [3.63, 3.8) is 0 Å². The van der Waals surface area contributed by atoms with Gasteiger partial charge in [-0.05, 0) is 50.0 Å². The van der Waals surface area contributed by atoms with Crippen LogP contribution in [0.3, 0.4) is 0 Å². The van der Waals surface area contributed by atoms with Gasteiger partial charge in [-0.2, -0.15) is 0 Å². The Labute approximate surface area is 147 Å². The summed E-state index contributed by atoms with van der Waals surface area (Å²) in [5.74, 6) is 0.724. The molecular formula is C17H23ClN4S. The Morgan fingerprint density at radius 1 is 1.30 bits per heavy atom. The zero-order chi connectivity index (χ0) is 16.2. The van der Waals surface area contributed by atoms with Gasteiger partial charge >= 0.3 is 0 Å². The molecule has 124 valence electrons. The van der Waals surface area contributed by atoms with Gasteiger partial charge in [0.2, 0.25) is 5.13 Å². The molecule has 2 heterocycles. The highest BCUT2D eigenvalue weighted by molar-refractivity contribution is 7.15. The average Bonchev–Trinajstić information content (AvgIpc) is 2.98. The van der Waals surface area contributed by atoms with Crippen molar-refractivity contribution in [2.75, 3.05) is 38.6 Å². The lowest BCUT2D eigenvalue weighted by Gasteiger charge is -2.32. The standard InChI is InChI=1S/C17H23ClN4S/c1-21-9-3-4-14(11-21)12-22(2)17-20-19-16(23-17)10-13-5-7-15(18)8-6-13/h5-8,14H,3-4,9-12H2,1-2H3. The Balaban J connectivity index is 1.58. The van der Waals surface area contributed by atoms with Crippen molar-refractivity contribution in [1.29, 1.82) is 0 Å².